The lowest BCUT2D eigenvalue weighted by atomic mass is 9.94. The van der Waals surface area contributed by atoms with E-state index in [0.29, 0.717) is 29.6 Å². The summed E-state index contributed by atoms with van der Waals surface area (Å²) in [6, 6.07) is 3.68. The van der Waals surface area contributed by atoms with E-state index in [1.807, 2.05) is 24.8 Å². The SMILES string of the molecule is CCOc1ncc(C(=O)N2CCC[C@@H](c3cc(C)[nH]n3)C2)cc1Cl. The molecule has 3 rings (SSSR count). The van der Waals surface area contributed by atoms with Crippen LogP contribution >= 0.6 is 11.6 Å². The molecule has 1 amide bonds. The molecule has 0 unspecified atom stereocenters. The molecule has 1 atom stereocenters. The molecule has 1 fully saturated rings. The highest BCUT2D eigenvalue weighted by molar-refractivity contribution is 6.32. The molecule has 0 aliphatic carbocycles. The maximum Gasteiger partial charge on any atom is 0.255 e. The van der Waals surface area contributed by atoms with Gasteiger partial charge in [-0.25, -0.2) is 4.98 Å². The Morgan fingerprint density at radius 1 is 1.50 bits per heavy atom. The first kappa shape index (κ1) is 16.8. The minimum Gasteiger partial charge on any atom is -0.477 e. The van der Waals surface area contributed by atoms with E-state index in [0.717, 1.165) is 30.8 Å². The van der Waals surface area contributed by atoms with Gasteiger partial charge >= 0.3 is 0 Å². The molecule has 1 saturated heterocycles. The lowest BCUT2D eigenvalue weighted by Crippen LogP contribution is -2.39. The Bertz CT molecular complexity index is 731. The van der Waals surface area contributed by atoms with Crippen molar-refractivity contribution >= 4 is 17.5 Å². The molecule has 1 aliphatic rings. The van der Waals surface area contributed by atoms with E-state index in [2.05, 4.69) is 15.2 Å². The van der Waals surface area contributed by atoms with Crippen LogP contribution in [0.5, 0.6) is 5.88 Å². The third-order valence-corrected chi connectivity index (χ3v) is 4.46. The molecule has 6 nitrogen and oxygen atoms in total. The van der Waals surface area contributed by atoms with E-state index in [-0.39, 0.29) is 11.8 Å². The average Bonchev–Trinajstić information content (AvgIpc) is 3.03. The van der Waals surface area contributed by atoms with Crippen LogP contribution in [0.2, 0.25) is 5.02 Å². The number of hydrogen-bond acceptors (Lipinski definition) is 4. The van der Waals surface area contributed by atoms with Crippen molar-refractivity contribution in [1.82, 2.24) is 20.1 Å². The maximum absolute atomic E-state index is 12.8. The number of nitrogens with zero attached hydrogens (tertiary/aromatic N) is 3. The number of ether oxygens (including phenoxy) is 1. The Labute approximate surface area is 146 Å². The number of aromatic nitrogens is 3. The van der Waals surface area contributed by atoms with Gasteiger partial charge in [0.2, 0.25) is 5.88 Å². The molecule has 1 aliphatic heterocycles. The van der Waals surface area contributed by atoms with Crippen LogP contribution in [0.25, 0.3) is 0 Å². The first-order valence-electron chi connectivity index (χ1n) is 8.18. The van der Waals surface area contributed by atoms with Crippen LogP contribution in [0.1, 0.15) is 47.4 Å². The van der Waals surface area contributed by atoms with Crippen molar-refractivity contribution in [3.05, 3.63) is 40.3 Å². The van der Waals surface area contributed by atoms with Crippen molar-refractivity contribution in [2.45, 2.75) is 32.6 Å². The lowest BCUT2D eigenvalue weighted by molar-refractivity contribution is 0.0705. The summed E-state index contributed by atoms with van der Waals surface area (Å²) in [6.45, 7) is 5.73. The van der Waals surface area contributed by atoms with Gasteiger partial charge < -0.3 is 9.64 Å². The van der Waals surface area contributed by atoms with Crippen LogP contribution < -0.4 is 4.74 Å². The third kappa shape index (κ3) is 3.53. The Kier molecular flexibility index (Phi) is 5.04. The number of nitrogens with one attached hydrogen (secondary N) is 1. The second-order valence-electron chi connectivity index (χ2n) is 6.01. The number of hydrogen-bond donors (Lipinski definition) is 1. The lowest BCUT2D eigenvalue weighted by Gasteiger charge is -2.32. The highest BCUT2D eigenvalue weighted by atomic mass is 35.5. The Morgan fingerprint density at radius 3 is 3.00 bits per heavy atom. The standard InChI is InChI=1S/C17H21ClN4O2/c1-3-24-16-14(18)8-13(9-19-16)17(23)22-6-4-5-12(10-22)15-7-11(2)20-21-15/h7-9,12H,3-6,10H2,1-2H3,(H,20,21)/t12-/m1/s1. The van der Waals surface area contributed by atoms with E-state index in [1.165, 1.54) is 6.20 Å². The quantitative estimate of drug-likeness (QED) is 0.921. The van der Waals surface area contributed by atoms with Crippen molar-refractivity contribution in [2.75, 3.05) is 19.7 Å². The van der Waals surface area contributed by atoms with Gasteiger partial charge in [-0.15, -0.1) is 0 Å². The average molecular weight is 349 g/mol. The summed E-state index contributed by atoms with van der Waals surface area (Å²) in [6.07, 6.45) is 3.53. The van der Waals surface area contributed by atoms with Crippen molar-refractivity contribution in [3.63, 3.8) is 0 Å². The maximum atomic E-state index is 12.8. The number of piperidine rings is 1. The molecule has 24 heavy (non-hydrogen) atoms. The molecule has 0 aromatic carbocycles. The van der Waals surface area contributed by atoms with Gasteiger partial charge in [0, 0.05) is 30.9 Å². The van der Waals surface area contributed by atoms with Crippen molar-refractivity contribution in [3.8, 4) is 5.88 Å². The molecule has 128 valence electrons. The number of likely N-dealkylation sites (tertiary alicyclic amines) is 1. The molecule has 0 saturated carbocycles. The number of aromatic amines is 1. The summed E-state index contributed by atoms with van der Waals surface area (Å²) in [7, 11) is 0. The van der Waals surface area contributed by atoms with Gasteiger partial charge in [-0.05, 0) is 38.8 Å². The molecular weight excluding hydrogens is 328 g/mol. The first-order valence-corrected chi connectivity index (χ1v) is 8.55. The van der Waals surface area contributed by atoms with Gasteiger partial charge in [-0.3, -0.25) is 9.89 Å². The fourth-order valence-corrected chi connectivity index (χ4v) is 3.24. The molecule has 1 N–H and O–H groups in total. The Balaban J connectivity index is 1.73. The summed E-state index contributed by atoms with van der Waals surface area (Å²) in [5.74, 6) is 0.572. The van der Waals surface area contributed by atoms with Gasteiger partial charge in [-0.2, -0.15) is 5.10 Å². The molecule has 0 spiro atoms. The molecule has 0 bridgehead atoms. The van der Waals surface area contributed by atoms with Crippen LogP contribution in [-0.4, -0.2) is 45.7 Å². The minimum absolute atomic E-state index is 0.0515. The Hall–Kier alpha value is -2.08. The summed E-state index contributed by atoms with van der Waals surface area (Å²) in [5.41, 5.74) is 2.55. The number of amides is 1. The number of rotatable bonds is 4. The molecule has 2 aromatic rings. The largest absolute Gasteiger partial charge is 0.477 e. The van der Waals surface area contributed by atoms with Crippen LogP contribution in [0.4, 0.5) is 0 Å². The zero-order valence-electron chi connectivity index (χ0n) is 13.9. The van der Waals surface area contributed by atoms with Crippen molar-refractivity contribution < 1.29 is 9.53 Å². The highest BCUT2D eigenvalue weighted by Gasteiger charge is 2.27. The van der Waals surface area contributed by atoms with Crippen LogP contribution in [0.3, 0.4) is 0 Å². The van der Waals surface area contributed by atoms with Gasteiger partial charge in [-0.1, -0.05) is 11.6 Å². The molecule has 3 heterocycles. The predicted octanol–water partition coefficient (Wildman–Crippen LogP) is 3.19. The summed E-state index contributed by atoms with van der Waals surface area (Å²) in [4.78, 5) is 18.8. The van der Waals surface area contributed by atoms with Crippen LogP contribution in [-0.2, 0) is 0 Å². The normalized spacial score (nSPS) is 17.8. The summed E-state index contributed by atoms with van der Waals surface area (Å²) in [5, 5.41) is 7.67. The van der Waals surface area contributed by atoms with Crippen LogP contribution in [0, 0.1) is 6.92 Å². The molecular formula is C17H21ClN4O2. The number of halogens is 1. The number of pyridine rings is 1. The number of aryl methyl sites for hydroxylation is 1. The summed E-state index contributed by atoms with van der Waals surface area (Å²) < 4.78 is 5.31. The van der Waals surface area contributed by atoms with E-state index in [9.17, 15) is 4.79 Å². The topological polar surface area (TPSA) is 71.1 Å². The molecule has 0 radical (unpaired) electrons. The number of carbonyl (C=O) groups excluding carboxylic acids is 1. The zero-order chi connectivity index (χ0) is 17.1. The van der Waals surface area contributed by atoms with Crippen LogP contribution in [0.15, 0.2) is 18.3 Å². The van der Waals surface area contributed by atoms with Gasteiger partial charge in [0.25, 0.3) is 5.91 Å². The minimum atomic E-state index is -0.0515. The zero-order valence-corrected chi connectivity index (χ0v) is 14.6. The second kappa shape index (κ2) is 7.21. The van der Waals surface area contributed by atoms with Crippen molar-refractivity contribution in [1.29, 1.82) is 0 Å². The first-order chi connectivity index (χ1) is 11.6. The van der Waals surface area contributed by atoms with Crippen molar-refractivity contribution in [2.24, 2.45) is 0 Å². The van der Waals surface area contributed by atoms with E-state index < -0.39 is 0 Å². The van der Waals surface area contributed by atoms with E-state index in [1.54, 1.807) is 6.07 Å². The smallest absolute Gasteiger partial charge is 0.255 e. The van der Waals surface area contributed by atoms with Gasteiger partial charge in [0.1, 0.15) is 5.02 Å². The number of carbonyl (C=O) groups is 1. The monoisotopic (exact) mass is 348 g/mol. The Morgan fingerprint density at radius 2 is 2.33 bits per heavy atom. The van der Waals surface area contributed by atoms with Gasteiger partial charge in [0.15, 0.2) is 0 Å². The summed E-state index contributed by atoms with van der Waals surface area (Å²) >= 11 is 6.15. The second-order valence-corrected chi connectivity index (χ2v) is 6.42. The number of H-pyrrole nitrogens is 1. The third-order valence-electron chi connectivity index (χ3n) is 4.19. The molecule has 7 heteroatoms. The fourth-order valence-electron chi connectivity index (χ4n) is 3.02. The van der Waals surface area contributed by atoms with E-state index >= 15 is 0 Å². The predicted molar refractivity (Wildman–Crippen MR) is 91.6 cm³/mol. The van der Waals surface area contributed by atoms with E-state index in [4.69, 9.17) is 16.3 Å². The molecule has 2 aromatic heterocycles. The fraction of sp³-hybridized carbons (Fsp3) is 0.471. The van der Waals surface area contributed by atoms with Gasteiger partial charge in [0.05, 0.1) is 17.9 Å². The highest BCUT2D eigenvalue weighted by Crippen LogP contribution is 2.28.